The van der Waals surface area contributed by atoms with Crippen LogP contribution in [0.25, 0.3) is 0 Å². The normalized spacial score (nSPS) is 11.3. The number of hydrogen-bond acceptors (Lipinski definition) is 3. The van der Waals surface area contributed by atoms with Gasteiger partial charge in [0, 0.05) is 13.1 Å². The lowest BCUT2D eigenvalue weighted by Gasteiger charge is -2.10. The molecule has 84 valence electrons. The van der Waals surface area contributed by atoms with Crippen LogP contribution in [0.2, 0.25) is 0 Å². The molecule has 0 unspecified atom stereocenters. The van der Waals surface area contributed by atoms with Crippen LogP contribution in [-0.2, 0) is 0 Å². The molecule has 1 N–H and O–H groups in total. The van der Waals surface area contributed by atoms with Crippen molar-refractivity contribution < 1.29 is 17.9 Å². The fourth-order valence-corrected chi connectivity index (χ4v) is 1.03. The summed E-state index contributed by atoms with van der Waals surface area (Å²) < 4.78 is 40.0. The SMILES string of the molecule is CNc1cnc(OCC(F)(F)F)cc1C. The largest absolute Gasteiger partial charge is 0.468 e. The maximum Gasteiger partial charge on any atom is 0.422 e. The number of ether oxygens (including phenoxy) is 1. The highest BCUT2D eigenvalue weighted by molar-refractivity contribution is 5.49. The molecule has 3 nitrogen and oxygen atoms in total. The predicted octanol–water partition coefficient (Wildman–Crippen LogP) is 2.37. The highest BCUT2D eigenvalue weighted by Gasteiger charge is 2.28. The minimum absolute atomic E-state index is 0.0242. The van der Waals surface area contributed by atoms with E-state index in [4.69, 9.17) is 0 Å². The van der Waals surface area contributed by atoms with Gasteiger partial charge in [0.15, 0.2) is 6.61 Å². The standard InChI is InChI=1S/C9H11F3N2O/c1-6-3-8(14-4-7(6)13-2)15-5-9(10,11)12/h3-4,13H,5H2,1-2H3. The van der Waals surface area contributed by atoms with Crippen molar-refractivity contribution in [3.63, 3.8) is 0 Å². The molecule has 1 aromatic rings. The molecule has 0 spiro atoms. The van der Waals surface area contributed by atoms with Gasteiger partial charge in [0.25, 0.3) is 0 Å². The summed E-state index contributed by atoms with van der Waals surface area (Å²) in [6.45, 7) is 0.437. The molecule has 15 heavy (non-hydrogen) atoms. The second-order valence-corrected chi connectivity index (χ2v) is 2.99. The summed E-state index contributed by atoms with van der Waals surface area (Å²) in [5.74, 6) is -0.0242. The zero-order chi connectivity index (χ0) is 11.5. The molecule has 0 aliphatic rings. The fourth-order valence-electron chi connectivity index (χ4n) is 1.03. The zero-order valence-corrected chi connectivity index (χ0v) is 8.35. The molecule has 1 aromatic heterocycles. The van der Waals surface area contributed by atoms with Crippen molar-refractivity contribution in [1.29, 1.82) is 0 Å². The summed E-state index contributed by atoms with van der Waals surface area (Å²) in [7, 11) is 1.71. The fraction of sp³-hybridized carbons (Fsp3) is 0.444. The summed E-state index contributed by atoms with van der Waals surface area (Å²) in [5, 5.41) is 2.85. The van der Waals surface area contributed by atoms with Crippen LogP contribution in [0.3, 0.4) is 0 Å². The molecule has 0 aliphatic heterocycles. The number of alkyl halides is 3. The van der Waals surface area contributed by atoms with Gasteiger partial charge in [-0.2, -0.15) is 13.2 Å². The summed E-state index contributed by atoms with van der Waals surface area (Å²) in [5.41, 5.74) is 1.54. The molecule has 0 aromatic carbocycles. The van der Waals surface area contributed by atoms with E-state index in [2.05, 4.69) is 15.0 Å². The number of nitrogens with one attached hydrogen (secondary N) is 1. The molecule has 0 aliphatic carbocycles. The highest BCUT2D eigenvalue weighted by Crippen LogP contribution is 2.20. The van der Waals surface area contributed by atoms with Crippen molar-refractivity contribution in [3.8, 4) is 5.88 Å². The quantitative estimate of drug-likeness (QED) is 0.849. The Morgan fingerprint density at radius 3 is 2.60 bits per heavy atom. The Morgan fingerprint density at radius 1 is 1.47 bits per heavy atom. The van der Waals surface area contributed by atoms with Crippen molar-refractivity contribution in [3.05, 3.63) is 17.8 Å². The van der Waals surface area contributed by atoms with Gasteiger partial charge in [-0.1, -0.05) is 0 Å². The molecule has 6 heteroatoms. The molecule has 0 fully saturated rings. The van der Waals surface area contributed by atoms with E-state index in [-0.39, 0.29) is 5.88 Å². The molecule has 1 heterocycles. The van der Waals surface area contributed by atoms with Crippen LogP contribution in [0.5, 0.6) is 5.88 Å². The second kappa shape index (κ2) is 4.37. The Labute approximate surface area is 85.3 Å². The van der Waals surface area contributed by atoms with Gasteiger partial charge >= 0.3 is 6.18 Å². The number of aryl methyl sites for hydroxylation is 1. The van der Waals surface area contributed by atoms with Crippen molar-refractivity contribution in [1.82, 2.24) is 4.98 Å². The maximum absolute atomic E-state index is 11.8. The lowest BCUT2D eigenvalue weighted by molar-refractivity contribution is -0.154. The van der Waals surface area contributed by atoms with E-state index in [1.54, 1.807) is 14.0 Å². The summed E-state index contributed by atoms with van der Waals surface area (Å²) >= 11 is 0. The van der Waals surface area contributed by atoms with Gasteiger partial charge in [0.1, 0.15) is 0 Å². The van der Waals surface area contributed by atoms with E-state index < -0.39 is 12.8 Å². The average molecular weight is 220 g/mol. The first-order chi connectivity index (χ1) is 6.92. The van der Waals surface area contributed by atoms with Crippen LogP contribution < -0.4 is 10.1 Å². The Kier molecular flexibility index (Phi) is 3.39. The van der Waals surface area contributed by atoms with Crippen LogP contribution >= 0.6 is 0 Å². The first-order valence-corrected chi connectivity index (χ1v) is 4.26. The Hall–Kier alpha value is -1.46. The van der Waals surface area contributed by atoms with E-state index in [0.29, 0.717) is 0 Å². The molecule has 0 saturated heterocycles. The smallest absolute Gasteiger partial charge is 0.422 e. The van der Waals surface area contributed by atoms with Gasteiger partial charge in [-0.05, 0) is 12.5 Å². The number of halogens is 3. The predicted molar refractivity (Wildman–Crippen MR) is 50.1 cm³/mol. The van der Waals surface area contributed by atoms with Gasteiger partial charge in [-0.25, -0.2) is 4.98 Å². The van der Waals surface area contributed by atoms with Crippen LogP contribution in [0.15, 0.2) is 12.3 Å². The summed E-state index contributed by atoms with van der Waals surface area (Å²) in [4.78, 5) is 3.73. The number of rotatable bonds is 3. The van der Waals surface area contributed by atoms with E-state index in [0.717, 1.165) is 11.3 Å². The number of aromatic nitrogens is 1. The topological polar surface area (TPSA) is 34.2 Å². The minimum Gasteiger partial charge on any atom is -0.468 e. The molecule has 0 amide bonds. The zero-order valence-electron chi connectivity index (χ0n) is 8.35. The number of pyridine rings is 1. The van der Waals surface area contributed by atoms with Crippen LogP contribution in [0.4, 0.5) is 18.9 Å². The van der Waals surface area contributed by atoms with Crippen LogP contribution in [0, 0.1) is 6.92 Å². The van der Waals surface area contributed by atoms with Gasteiger partial charge < -0.3 is 10.1 Å². The van der Waals surface area contributed by atoms with E-state index >= 15 is 0 Å². The first-order valence-electron chi connectivity index (χ1n) is 4.26. The first kappa shape index (κ1) is 11.6. The summed E-state index contributed by atoms with van der Waals surface area (Å²) in [6, 6.07) is 1.46. The van der Waals surface area contributed by atoms with Crippen LogP contribution in [0.1, 0.15) is 5.56 Å². The highest BCUT2D eigenvalue weighted by atomic mass is 19.4. The van der Waals surface area contributed by atoms with Crippen molar-refractivity contribution >= 4 is 5.69 Å². The van der Waals surface area contributed by atoms with Crippen molar-refractivity contribution in [2.24, 2.45) is 0 Å². The van der Waals surface area contributed by atoms with Crippen LogP contribution in [-0.4, -0.2) is 24.8 Å². The van der Waals surface area contributed by atoms with E-state index in [9.17, 15) is 13.2 Å². The third-order valence-electron chi connectivity index (χ3n) is 1.74. The lowest BCUT2D eigenvalue weighted by atomic mass is 10.2. The second-order valence-electron chi connectivity index (χ2n) is 2.99. The van der Waals surface area contributed by atoms with Gasteiger partial charge in [0.05, 0.1) is 11.9 Å². The van der Waals surface area contributed by atoms with Crippen molar-refractivity contribution in [2.45, 2.75) is 13.1 Å². The molecule has 0 radical (unpaired) electrons. The summed E-state index contributed by atoms with van der Waals surface area (Å²) in [6.07, 6.45) is -2.90. The molecule has 0 saturated carbocycles. The third kappa shape index (κ3) is 3.65. The molecular weight excluding hydrogens is 209 g/mol. The number of anilines is 1. The van der Waals surface area contributed by atoms with Gasteiger partial charge in [-0.15, -0.1) is 0 Å². The Bertz CT molecular complexity index is 339. The Morgan fingerprint density at radius 2 is 2.13 bits per heavy atom. The number of nitrogens with zero attached hydrogens (tertiary/aromatic N) is 1. The average Bonchev–Trinajstić information content (AvgIpc) is 2.14. The molecular formula is C9H11F3N2O. The van der Waals surface area contributed by atoms with Gasteiger partial charge in [-0.3, -0.25) is 0 Å². The lowest BCUT2D eigenvalue weighted by Crippen LogP contribution is -2.19. The van der Waals surface area contributed by atoms with E-state index in [1.165, 1.54) is 12.3 Å². The Balaban J connectivity index is 2.68. The van der Waals surface area contributed by atoms with E-state index in [1.807, 2.05) is 0 Å². The molecule has 0 atom stereocenters. The molecule has 1 rings (SSSR count). The molecule has 0 bridgehead atoms. The minimum atomic E-state index is -4.34. The third-order valence-corrected chi connectivity index (χ3v) is 1.74. The monoisotopic (exact) mass is 220 g/mol. The van der Waals surface area contributed by atoms with Crippen molar-refractivity contribution in [2.75, 3.05) is 19.0 Å². The maximum atomic E-state index is 11.8. The number of hydrogen-bond donors (Lipinski definition) is 1. The van der Waals surface area contributed by atoms with Gasteiger partial charge in [0.2, 0.25) is 5.88 Å².